The monoisotopic (exact) mass is 321 g/mol. The van der Waals surface area contributed by atoms with Gasteiger partial charge < -0.3 is 11.1 Å². The fourth-order valence-electron chi connectivity index (χ4n) is 1.12. The van der Waals surface area contributed by atoms with Crippen LogP contribution < -0.4 is 11.1 Å². The molecule has 0 spiro atoms. The lowest BCUT2D eigenvalue weighted by atomic mass is 10.3. The zero-order chi connectivity index (χ0) is 11.0. The van der Waals surface area contributed by atoms with Crippen molar-refractivity contribution >= 4 is 71.5 Å². The molecule has 7 heteroatoms. The Morgan fingerprint density at radius 1 is 1.60 bits per heavy atom. The maximum absolute atomic E-state index is 6.03. The highest BCUT2D eigenvalue weighted by molar-refractivity contribution is 9.10. The van der Waals surface area contributed by atoms with Gasteiger partial charge in [0.05, 0.1) is 9.72 Å². The molecular formula is C8H5BrClN3S2. The summed E-state index contributed by atoms with van der Waals surface area (Å²) in [5.74, 6) is 0. The maximum Gasteiger partial charge on any atom is 0.190 e. The van der Waals surface area contributed by atoms with E-state index in [1.54, 1.807) is 6.07 Å². The van der Waals surface area contributed by atoms with Gasteiger partial charge in [-0.1, -0.05) is 38.9 Å². The van der Waals surface area contributed by atoms with Crippen molar-refractivity contribution in [3.05, 3.63) is 21.6 Å². The third-order valence-electron chi connectivity index (χ3n) is 1.64. The van der Waals surface area contributed by atoms with Gasteiger partial charge in [-0.05, 0) is 24.4 Å². The standard InChI is InChI=1S/C8H5BrClN3S2/c9-3-1-4(10)6-5(2-3)15-8(12-6)13-7(11)14/h1-2H,(H3,11,12,13,14). The van der Waals surface area contributed by atoms with Crippen molar-refractivity contribution in [2.45, 2.75) is 0 Å². The summed E-state index contributed by atoms with van der Waals surface area (Å²) in [4.78, 5) is 4.28. The van der Waals surface area contributed by atoms with Crippen LogP contribution in [0, 0.1) is 0 Å². The summed E-state index contributed by atoms with van der Waals surface area (Å²) < 4.78 is 1.90. The van der Waals surface area contributed by atoms with Gasteiger partial charge in [-0.2, -0.15) is 0 Å². The molecule has 0 saturated carbocycles. The van der Waals surface area contributed by atoms with E-state index >= 15 is 0 Å². The number of hydrogen-bond donors (Lipinski definition) is 2. The molecule has 3 N–H and O–H groups in total. The Morgan fingerprint density at radius 3 is 3.00 bits per heavy atom. The molecule has 1 aromatic carbocycles. The second-order valence-electron chi connectivity index (χ2n) is 2.74. The number of halogens is 2. The zero-order valence-electron chi connectivity index (χ0n) is 7.25. The van der Waals surface area contributed by atoms with Gasteiger partial charge in [-0.15, -0.1) is 0 Å². The van der Waals surface area contributed by atoms with Gasteiger partial charge in [-0.3, -0.25) is 0 Å². The second kappa shape index (κ2) is 4.21. The smallest absolute Gasteiger partial charge is 0.190 e. The van der Waals surface area contributed by atoms with Crippen LogP contribution in [0.3, 0.4) is 0 Å². The van der Waals surface area contributed by atoms with Gasteiger partial charge in [0.25, 0.3) is 0 Å². The summed E-state index contributed by atoms with van der Waals surface area (Å²) in [6.45, 7) is 0. The molecule has 0 radical (unpaired) electrons. The number of thiazole rings is 1. The number of rotatable bonds is 1. The molecule has 0 unspecified atom stereocenters. The first-order valence-corrected chi connectivity index (χ1v) is 6.28. The van der Waals surface area contributed by atoms with Crippen LogP contribution in [-0.4, -0.2) is 10.1 Å². The van der Waals surface area contributed by atoms with E-state index in [2.05, 4.69) is 26.2 Å². The van der Waals surface area contributed by atoms with E-state index in [9.17, 15) is 0 Å². The number of thiocarbonyl (C=S) groups is 1. The van der Waals surface area contributed by atoms with Crippen LogP contribution in [0.4, 0.5) is 5.13 Å². The summed E-state index contributed by atoms with van der Waals surface area (Å²) in [6.07, 6.45) is 0. The lowest BCUT2D eigenvalue weighted by molar-refractivity contribution is 1.47. The van der Waals surface area contributed by atoms with Crippen LogP contribution in [0.2, 0.25) is 5.02 Å². The van der Waals surface area contributed by atoms with Gasteiger partial charge in [0.2, 0.25) is 0 Å². The molecule has 2 rings (SSSR count). The first kappa shape index (κ1) is 11.1. The van der Waals surface area contributed by atoms with E-state index < -0.39 is 0 Å². The Hall–Kier alpha value is -0.430. The Kier molecular flexibility index (Phi) is 3.11. The number of aromatic nitrogens is 1. The number of nitrogens with two attached hydrogens (primary N) is 1. The fraction of sp³-hybridized carbons (Fsp3) is 0. The number of nitrogens with zero attached hydrogens (tertiary/aromatic N) is 1. The summed E-state index contributed by atoms with van der Waals surface area (Å²) in [5, 5.41) is 4.24. The van der Waals surface area contributed by atoms with Crippen molar-refractivity contribution < 1.29 is 0 Å². The van der Waals surface area contributed by atoms with Crippen molar-refractivity contribution in [1.29, 1.82) is 0 Å². The molecule has 0 aliphatic carbocycles. The van der Waals surface area contributed by atoms with E-state index in [1.165, 1.54) is 11.3 Å². The van der Waals surface area contributed by atoms with Crippen LogP contribution in [0.25, 0.3) is 10.2 Å². The SMILES string of the molecule is NC(=S)Nc1nc2c(Cl)cc(Br)cc2s1. The number of nitrogens with one attached hydrogen (secondary N) is 1. The minimum atomic E-state index is 0.198. The second-order valence-corrected chi connectivity index (χ2v) is 5.54. The van der Waals surface area contributed by atoms with Gasteiger partial charge in [0, 0.05) is 4.47 Å². The van der Waals surface area contributed by atoms with Crippen molar-refractivity contribution in [2.75, 3.05) is 5.32 Å². The Labute approximate surface area is 109 Å². The van der Waals surface area contributed by atoms with E-state index in [-0.39, 0.29) is 5.11 Å². The number of fused-ring (bicyclic) bond motifs is 1. The normalized spacial score (nSPS) is 10.5. The fourth-order valence-corrected chi connectivity index (χ4v) is 3.28. The molecule has 2 aromatic rings. The first-order valence-electron chi connectivity index (χ1n) is 3.88. The van der Waals surface area contributed by atoms with Gasteiger partial charge in [0.15, 0.2) is 10.2 Å². The molecule has 78 valence electrons. The minimum absolute atomic E-state index is 0.198. The molecule has 15 heavy (non-hydrogen) atoms. The highest BCUT2D eigenvalue weighted by Crippen LogP contribution is 2.33. The molecule has 1 heterocycles. The molecule has 0 aliphatic rings. The van der Waals surface area contributed by atoms with Crippen molar-refractivity contribution in [1.82, 2.24) is 4.98 Å². The average molecular weight is 323 g/mol. The van der Waals surface area contributed by atoms with Crippen LogP contribution in [0.1, 0.15) is 0 Å². The number of anilines is 1. The summed E-state index contributed by atoms with van der Waals surface area (Å²) in [7, 11) is 0. The number of hydrogen-bond acceptors (Lipinski definition) is 3. The largest absolute Gasteiger partial charge is 0.376 e. The average Bonchev–Trinajstić information content (AvgIpc) is 2.45. The molecular weight excluding hydrogens is 318 g/mol. The van der Waals surface area contributed by atoms with E-state index in [4.69, 9.17) is 29.6 Å². The highest BCUT2D eigenvalue weighted by Gasteiger charge is 2.08. The predicted molar refractivity (Wildman–Crippen MR) is 72.7 cm³/mol. The summed E-state index contributed by atoms with van der Waals surface area (Å²) in [6, 6.07) is 3.75. The van der Waals surface area contributed by atoms with Crippen LogP contribution in [0.15, 0.2) is 16.6 Å². The quantitative estimate of drug-likeness (QED) is 0.790. The molecule has 0 amide bonds. The Balaban J connectivity index is 2.55. The first-order chi connectivity index (χ1) is 7.06. The molecule has 0 bridgehead atoms. The molecule has 3 nitrogen and oxygen atoms in total. The molecule has 0 atom stereocenters. The topological polar surface area (TPSA) is 50.9 Å². The third-order valence-corrected chi connectivity index (χ3v) is 3.41. The van der Waals surface area contributed by atoms with Crippen molar-refractivity contribution in [3.8, 4) is 0 Å². The third kappa shape index (κ3) is 2.39. The molecule has 0 aliphatic heterocycles. The molecule has 1 aromatic heterocycles. The highest BCUT2D eigenvalue weighted by atomic mass is 79.9. The van der Waals surface area contributed by atoms with Crippen LogP contribution in [-0.2, 0) is 0 Å². The van der Waals surface area contributed by atoms with Crippen molar-refractivity contribution in [3.63, 3.8) is 0 Å². The molecule has 0 fully saturated rings. The van der Waals surface area contributed by atoms with Crippen molar-refractivity contribution in [2.24, 2.45) is 5.73 Å². The predicted octanol–water partition coefficient (Wildman–Crippen LogP) is 3.37. The zero-order valence-corrected chi connectivity index (χ0v) is 11.2. The maximum atomic E-state index is 6.03. The molecule has 0 saturated heterocycles. The number of benzene rings is 1. The van der Waals surface area contributed by atoms with Gasteiger partial charge >= 0.3 is 0 Å². The summed E-state index contributed by atoms with van der Waals surface area (Å²) >= 11 is 15.6. The van der Waals surface area contributed by atoms with Crippen LogP contribution in [0.5, 0.6) is 0 Å². The van der Waals surface area contributed by atoms with Crippen LogP contribution >= 0.6 is 51.1 Å². The minimum Gasteiger partial charge on any atom is -0.376 e. The lowest BCUT2D eigenvalue weighted by Crippen LogP contribution is -2.18. The lowest BCUT2D eigenvalue weighted by Gasteiger charge is -1.94. The summed E-state index contributed by atoms with van der Waals surface area (Å²) in [5.41, 5.74) is 6.11. The van der Waals surface area contributed by atoms with Gasteiger partial charge in [-0.25, -0.2) is 4.98 Å². The Morgan fingerprint density at radius 2 is 2.33 bits per heavy atom. The van der Waals surface area contributed by atoms with E-state index in [0.717, 1.165) is 14.7 Å². The van der Waals surface area contributed by atoms with E-state index in [1.807, 2.05) is 6.07 Å². The van der Waals surface area contributed by atoms with Gasteiger partial charge in [0.1, 0.15) is 5.52 Å². The Bertz CT molecular complexity index is 540. The van der Waals surface area contributed by atoms with E-state index in [0.29, 0.717) is 10.2 Å².